The van der Waals surface area contributed by atoms with Gasteiger partial charge in [0, 0.05) is 11.0 Å². The highest BCUT2D eigenvalue weighted by atomic mass is 32.1. The molecule has 1 N–H and O–H groups in total. The highest BCUT2D eigenvalue weighted by Gasteiger charge is 2.15. The van der Waals surface area contributed by atoms with Gasteiger partial charge in [0.15, 0.2) is 5.82 Å². The molecule has 2 heterocycles. The average molecular weight is 274 g/mol. The molecule has 0 aliphatic rings. The summed E-state index contributed by atoms with van der Waals surface area (Å²) in [4.78, 5) is 0. The van der Waals surface area contributed by atoms with Crippen molar-refractivity contribution >= 4 is 22.9 Å². The van der Waals surface area contributed by atoms with Crippen LogP contribution in [0, 0.1) is 0 Å². The van der Waals surface area contributed by atoms with Crippen LogP contribution in [0.2, 0.25) is 0 Å². The first-order valence-electron chi connectivity index (χ1n) is 6.14. The maximum absolute atomic E-state index is 4.30. The van der Waals surface area contributed by atoms with Crippen LogP contribution in [0.3, 0.4) is 0 Å². The van der Waals surface area contributed by atoms with Crippen molar-refractivity contribution in [2.24, 2.45) is 5.10 Å². The van der Waals surface area contributed by atoms with Gasteiger partial charge in [-0.2, -0.15) is 21.5 Å². The monoisotopic (exact) mass is 274 g/mol. The van der Waals surface area contributed by atoms with Gasteiger partial charge in [-0.3, -0.25) is 5.43 Å². The number of thiophene rings is 1. The molecule has 0 radical (unpaired) electrons. The lowest BCUT2D eigenvalue weighted by Crippen LogP contribution is -2.14. The van der Waals surface area contributed by atoms with E-state index in [1.807, 2.05) is 30.5 Å². The van der Waals surface area contributed by atoms with Gasteiger partial charge in [-0.05, 0) is 35.9 Å². The first-order chi connectivity index (χ1) is 8.97. The number of aromatic nitrogens is 2. The fourth-order valence-electron chi connectivity index (χ4n) is 1.47. The molecule has 0 spiro atoms. The molecule has 0 atom stereocenters. The van der Waals surface area contributed by atoms with E-state index >= 15 is 0 Å². The predicted octanol–water partition coefficient (Wildman–Crippen LogP) is 3.67. The summed E-state index contributed by atoms with van der Waals surface area (Å²) in [5.74, 6) is 0.655. The maximum atomic E-state index is 4.30. The number of nitrogens with one attached hydrogen (secondary N) is 1. The molecule has 0 aliphatic heterocycles. The van der Waals surface area contributed by atoms with E-state index in [9.17, 15) is 0 Å². The standard InChI is InChI=1S/C14H18N4S/c1-10(11-7-8-19-9-11)15-17-13-6-5-12(16-18-13)14(2,3)4/h5-9H,1-4H3,(H,17,18)/b15-10+. The molecule has 5 heteroatoms. The summed E-state index contributed by atoms with van der Waals surface area (Å²) in [6.07, 6.45) is 0. The van der Waals surface area contributed by atoms with E-state index in [-0.39, 0.29) is 5.41 Å². The summed E-state index contributed by atoms with van der Waals surface area (Å²) < 4.78 is 0. The SMILES string of the molecule is C/C(=N\Nc1ccc(C(C)(C)C)nn1)c1ccsc1. The molecule has 0 saturated heterocycles. The topological polar surface area (TPSA) is 50.2 Å². The maximum Gasteiger partial charge on any atom is 0.168 e. The highest BCUT2D eigenvalue weighted by Crippen LogP contribution is 2.19. The van der Waals surface area contributed by atoms with Gasteiger partial charge >= 0.3 is 0 Å². The summed E-state index contributed by atoms with van der Waals surface area (Å²) in [6, 6.07) is 5.92. The van der Waals surface area contributed by atoms with Crippen LogP contribution in [0.4, 0.5) is 5.82 Å². The van der Waals surface area contributed by atoms with E-state index in [2.05, 4.69) is 46.9 Å². The first-order valence-corrected chi connectivity index (χ1v) is 7.08. The fourth-order valence-corrected chi connectivity index (χ4v) is 2.17. The van der Waals surface area contributed by atoms with Crippen molar-refractivity contribution in [1.29, 1.82) is 0 Å². The van der Waals surface area contributed by atoms with Gasteiger partial charge in [0.05, 0.1) is 11.4 Å². The molecular formula is C14H18N4S. The van der Waals surface area contributed by atoms with Crippen LogP contribution in [0.15, 0.2) is 34.1 Å². The Hall–Kier alpha value is -1.75. The average Bonchev–Trinajstić information content (AvgIpc) is 2.89. The molecule has 2 aromatic rings. The first kappa shape index (κ1) is 13.7. The van der Waals surface area contributed by atoms with Gasteiger partial charge in [-0.15, -0.1) is 5.10 Å². The van der Waals surface area contributed by atoms with E-state index in [0.29, 0.717) is 5.82 Å². The van der Waals surface area contributed by atoms with Crippen molar-refractivity contribution in [2.75, 3.05) is 5.43 Å². The lowest BCUT2D eigenvalue weighted by Gasteiger charge is -2.16. The second-order valence-electron chi connectivity index (χ2n) is 5.37. The van der Waals surface area contributed by atoms with Crippen molar-refractivity contribution in [3.63, 3.8) is 0 Å². The quantitative estimate of drug-likeness (QED) is 0.686. The Kier molecular flexibility index (Phi) is 3.95. The van der Waals surface area contributed by atoms with Crippen molar-refractivity contribution in [3.8, 4) is 0 Å². The largest absolute Gasteiger partial charge is 0.260 e. The van der Waals surface area contributed by atoms with Crippen LogP contribution in [0.1, 0.15) is 39.0 Å². The summed E-state index contributed by atoms with van der Waals surface area (Å²) in [5.41, 5.74) is 5.97. The summed E-state index contributed by atoms with van der Waals surface area (Å²) >= 11 is 1.66. The van der Waals surface area contributed by atoms with Crippen LogP contribution in [0.5, 0.6) is 0 Å². The van der Waals surface area contributed by atoms with E-state index in [1.54, 1.807) is 11.3 Å². The van der Waals surface area contributed by atoms with Crippen molar-refractivity contribution in [2.45, 2.75) is 33.1 Å². The van der Waals surface area contributed by atoms with E-state index in [4.69, 9.17) is 0 Å². The lowest BCUT2D eigenvalue weighted by atomic mass is 9.92. The van der Waals surface area contributed by atoms with Crippen LogP contribution < -0.4 is 5.43 Å². The fraction of sp³-hybridized carbons (Fsp3) is 0.357. The molecule has 2 aromatic heterocycles. The summed E-state index contributed by atoms with van der Waals surface area (Å²) in [6.45, 7) is 8.31. The molecular weight excluding hydrogens is 256 g/mol. The van der Waals surface area contributed by atoms with Gasteiger partial charge in [0.1, 0.15) is 0 Å². The number of hydrazone groups is 1. The van der Waals surface area contributed by atoms with Crippen molar-refractivity contribution in [1.82, 2.24) is 10.2 Å². The third-order valence-electron chi connectivity index (χ3n) is 2.71. The van der Waals surface area contributed by atoms with Crippen LogP contribution >= 0.6 is 11.3 Å². The highest BCUT2D eigenvalue weighted by molar-refractivity contribution is 7.08. The number of nitrogens with zero attached hydrogens (tertiary/aromatic N) is 3. The predicted molar refractivity (Wildman–Crippen MR) is 80.9 cm³/mol. The van der Waals surface area contributed by atoms with Crippen LogP contribution in [-0.2, 0) is 5.41 Å². The summed E-state index contributed by atoms with van der Waals surface area (Å²) in [5, 5.41) is 16.7. The molecule has 100 valence electrons. The van der Waals surface area contributed by atoms with Gasteiger partial charge < -0.3 is 0 Å². The Morgan fingerprint density at radius 3 is 2.53 bits per heavy atom. The minimum absolute atomic E-state index is 0.0153. The zero-order valence-electron chi connectivity index (χ0n) is 11.6. The Morgan fingerprint density at radius 1 is 1.21 bits per heavy atom. The Bertz CT molecular complexity index is 550. The van der Waals surface area contributed by atoms with Gasteiger partial charge in [0.2, 0.25) is 0 Å². The number of anilines is 1. The molecule has 2 rings (SSSR count). The summed E-state index contributed by atoms with van der Waals surface area (Å²) in [7, 11) is 0. The van der Waals surface area contributed by atoms with Gasteiger partial charge in [-0.25, -0.2) is 0 Å². The minimum atomic E-state index is 0.0153. The number of hydrogen-bond acceptors (Lipinski definition) is 5. The molecule has 4 nitrogen and oxygen atoms in total. The zero-order chi connectivity index (χ0) is 13.9. The lowest BCUT2D eigenvalue weighted by molar-refractivity contribution is 0.559. The smallest absolute Gasteiger partial charge is 0.168 e. The molecule has 0 bridgehead atoms. The minimum Gasteiger partial charge on any atom is -0.260 e. The van der Waals surface area contributed by atoms with Crippen molar-refractivity contribution < 1.29 is 0 Å². The Morgan fingerprint density at radius 2 is 2.00 bits per heavy atom. The molecule has 0 saturated carbocycles. The van der Waals surface area contributed by atoms with E-state index in [0.717, 1.165) is 17.0 Å². The Balaban J connectivity index is 2.06. The second-order valence-corrected chi connectivity index (χ2v) is 6.15. The van der Waals surface area contributed by atoms with Gasteiger partial charge in [0.25, 0.3) is 0 Å². The molecule has 0 unspecified atom stereocenters. The molecule has 0 aliphatic carbocycles. The van der Waals surface area contributed by atoms with E-state index < -0.39 is 0 Å². The molecule has 19 heavy (non-hydrogen) atoms. The van der Waals surface area contributed by atoms with E-state index in [1.165, 1.54) is 0 Å². The molecule has 0 aromatic carbocycles. The number of rotatable bonds is 3. The van der Waals surface area contributed by atoms with Crippen LogP contribution in [0.25, 0.3) is 0 Å². The Labute approximate surface area is 117 Å². The third-order valence-corrected chi connectivity index (χ3v) is 3.39. The number of hydrogen-bond donors (Lipinski definition) is 1. The molecule has 0 amide bonds. The second kappa shape index (κ2) is 5.48. The van der Waals surface area contributed by atoms with Gasteiger partial charge in [-0.1, -0.05) is 20.8 Å². The normalized spacial score (nSPS) is 12.5. The zero-order valence-corrected chi connectivity index (χ0v) is 12.5. The third kappa shape index (κ3) is 3.61. The van der Waals surface area contributed by atoms with Crippen molar-refractivity contribution in [3.05, 3.63) is 40.2 Å². The van der Waals surface area contributed by atoms with Crippen LogP contribution in [-0.4, -0.2) is 15.9 Å². The molecule has 0 fully saturated rings.